The van der Waals surface area contributed by atoms with Crippen LogP contribution in [0, 0.1) is 13.8 Å². The highest BCUT2D eigenvalue weighted by molar-refractivity contribution is 5.47. The molecule has 0 saturated carbocycles. The molecule has 0 aliphatic heterocycles. The second kappa shape index (κ2) is 9.62. The van der Waals surface area contributed by atoms with E-state index in [-0.39, 0.29) is 6.42 Å². The number of halogens is 2. The lowest BCUT2D eigenvalue weighted by Gasteiger charge is -2.34. The van der Waals surface area contributed by atoms with Crippen LogP contribution in [-0.4, -0.2) is 16.9 Å². The van der Waals surface area contributed by atoms with Crippen LogP contribution in [-0.2, 0) is 23.9 Å². The molecule has 3 atom stereocenters. The average Bonchev–Trinajstić information content (AvgIpc) is 2.73. The van der Waals surface area contributed by atoms with E-state index in [1.54, 1.807) is 13.8 Å². The molecule has 1 nitrogen and oxygen atoms in total. The molecule has 0 fully saturated rings. The van der Waals surface area contributed by atoms with E-state index in [1.807, 2.05) is 44.2 Å². The van der Waals surface area contributed by atoms with Gasteiger partial charge in [0.2, 0.25) is 0 Å². The van der Waals surface area contributed by atoms with Crippen LogP contribution in [0.25, 0.3) is 0 Å². The summed E-state index contributed by atoms with van der Waals surface area (Å²) in [6.45, 7) is 12.4. The van der Waals surface area contributed by atoms with Crippen molar-refractivity contribution in [3.8, 4) is 0 Å². The predicted molar refractivity (Wildman–Crippen MR) is 138 cm³/mol. The minimum absolute atomic E-state index is 0.0174. The van der Waals surface area contributed by atoms with Crippen LogP contribution >= 0.6 is 0 Å². The largest absolute Gasteiger partial charge is 0.386 e. The van der Waals surface area contributed by atoms with Gasteiger partial charge in [0.1, 0.15) is 11.8 Å². The topological polar surface area (TPSA) is 20.2 Å². The van der Waals surface area contributed by atoms with Gasteiger partial charge in [-0.2, -0.15) is 0 Å². The summed E-state index contributed by atoms with van der Waals surface area (Å²) in [7, 11) is 0. The lowest BCUT2D eigenvalue weighted by atomic mass is 9.70. The minimum Gasteiger partial charge on any atom is -0.386 e. The molecule has 3 aromatic carbocycles. The van der Waals surface area contributed by atoms with E-state index >= 15 is 0 Å². The molecule has 0 spiro atoms. The van der Waals surface area contributed by atoms with E-state index in [9.17, 15) is 13.9 Å². The van der Waals surface area contributed by atoms with Crippen molar-refractivity contribution in [1.82, 2.24) is 0 Å². The predicted octanol–water partition coefficient (Wildman–Crippen LogP) is 7.71. The first-order valence-electron chi connectivity index (χ1n) is 12.0. The van der Waals surface area contributed by atoms with Crippen LogP contribution in [0.3, 0.4) is 0 Å². The molecule has 3 rings (SSSR count). The Labute approximate surface area is 203 Å². The van der Waals surface area contributed by atoms with Gasteiger partial charge >= 0.3 is 0 Å². The smallest absolute Gasteiger partial charge is 0.142 e. The fraction of sp³-hybridized carbons (Fsp3) is 0.419. The van der Waals surface area contributed by atoms with Gasteiger partial charge in [0.25, 0.3) is 0 Å². The quantitative estimate of drug-likeness (QED) is 0.362. The third-order valence-corrected chi connectivity index (χ3v) is 7.09. The lowest BCUT2D eigenvalue weighted by molar-refractivity contribution is 0.0777. The van der Waals surface area contributed by atoms with Crippen molar-refractivity contribution in [1.29, 1.82) is 0 Å². The van der Waals surface area contributed by atoms with Gasteiger partial charge in [-0.3, -0.25) is 0 Å². The van der Waals surface area contributed by atoms with Crippen molar-refractivity contribution >= 4 is 0 Å². The summed E-state index contributed by atoms with van der Waals surface area (Å²) in [6, 6.07) is 22.7. The van der Waals surface area contributed by atoms with Crippen LogP contribution in [0.4, 0.5) is 8.78 Å². The summed E-state index contributed by atoms with van der Waals surface area (Å²) >= 11 is 0. The molecule has 0 bridgehead atoms. The van der Waals surface area contributed by atoms with Gasteiger partial charge in [-0.25, -0.2) is 8.78 Å². The van der Waals surface area contributed by atoms with Gasteiger partial charge in [-0.15, -0.1) is 0 Å². The first-order valence-corrected chi connectivity index (χ1v) is 12.0. The summed E-state index contributed by atoms with van der Waals surface area (Å²) in [5.74, 6) is 0. The first-order chi connectivity index (χ1) is 15.7. The lowest BCUT2D eigenvalue weighted by Crippen LogP contribution is -2.32. The molecular weight excluding hydrogens is 426 g/mol. The maximum atomic E-state index is 15.0. The van der Waals surface area contributed by atoms with Crippen LogP contribution in [0.2, 0.25) is 0 Å². The summed E-state index contributed by atoms with van der Waals surface area (Å²) in [5.41, 5.74) is 3.71. The first kappa shape index (κ1) is 26.1. The molecule has 0 aliphatic rings. The van der Waals surface area contributed by atoms with Crippen LogP contribution in [0.1, 0.15) is 73.6 Å². The Morgan fingerprint density at radius 1 is 0.794 bits per heavy atom. The standard InChI is InChI=1S/C31H38F2O/c1-21-15-25(20-31(7,33)23(3)32)17-27(16-21)30(6,19-24-11-9-8-10-12-24)26-14-13-22(2)28(18-26)29(4,5)34/h8-18,23,34H,19-20H2,1-7H3. The Hall–Kier alpha value is -2.52. The summed E-state index contributed by atoms with van der Waals surface area (Å²) < 4.78 is 28.9. The molecule has 3 unspecified atom stereocenters. The fourth-order valence-corrected chi connectivity index (χ4v) is 4.82. The van der Waals surface area contributed by atoms with Crippen LogP contribution in [0.15, 0.2) is 66.7 Å². The number of alkyl halides is 2. The third-order valence-electron chi connectivity index (χ3n) is 7.09. The Kier molecular flexibility index (Phi) is 7.38. The number of aryl methyl sites for hydroxylation is 2. The fourth-order valence-electron chi connectivity index (χ4n) is 4.82. The zero-order chi connectivity index (χ0) is 25.3. The Morgan fingerprint density at radius 3 is 2.03 bits per heavy atom. The number of rotatable bonds is 8. The van der Waals surface area contributed by atoms with Crippen molar-refractivity contribution in [2.24, 2.45) is 0 Å². The van der Waals surface area contributed by atoms with Gasteiger partial charge in [0.05, 0.1) is 5.60 Å². The SMILES string of the molecule is Cc1cc(CC(C)(F)C(C)F)cc(C(C)(Cc2ccccc2)c2ccc(C)c(C(C)(C)O)c2)c1. The van der Waals surface area contributed by atoms with Crippen molar-refractivity contribution in [2.75, 3.05) is 0 Å². The molecule has 34 heavy (non-hydrogen) atoms. The second-order valence-electron chi connectivity index (χ2n) is 10.9. The number of aliphatic hydroxyl groups is 1. The molecule has 0 saturated heterocycles. The van der Waals surface area contributed by atoms with E-state index < -0.39 is 22.9 Å². The molecule has 182 valence electrons. The van der Waals surface area contributed by atoms with E-state index in [4.69, 9.17) is 0 Å². The number of hydrogen-bond donors (Lipinski definition) is 1. The molecule has 1 N–H and O–H groups in total. The Morgan fingerprint density at radius 2 is 1.44 bits per heavy atom. The summed E-state index contributed by atoms with van der Waals surface area (Å²) in [4.78, 5) is 0. The van der Waals surface area contributed by atoms with Gasteiger partial charge < -0.3 is 5.11 Å². The molecule has 3 aromatic rings. The molecule has 0 radical (unpaired) electrons. The van der Waals surface area contributed by atoms with E-state index in [2.05, 4.69) is 43.3 Å². The van der Waals surface area contributed by atoms with Gasteiger partial charge in [0, 0.05) is 11.8 Å². The average molecular weight is 465 g/mol. The highest BCUT2D eigenvalue weighted by Crippen LogP contribution is 2.39. The zero-order valence-electron chi connectivity index (χ0n) is 21.5. The van der Waals surface area contributed by atoms with Crippen molar-refractivity contribution < 1.29 is 13.9 Å². The number of hydrogen-bond acceptors (Lipinski definition) is 1. The number of benzene rings is 3. The van der Waals surface area contributed by atoms with E-state index in [0.717, 1.165) is 39.8 Å². The minimum atomic E-state index is -1.93. The Balaban J connectivity index is 2.20. The third kappa shape index (κ3) is 5.75. The van der Waals surface area contributed by atoms with Gasteiger partial charge in [0.15, 0.2) is 0 Å². The van der Waals surface area contributed by atoms with Crippen molar-refractivity contribution in [2.45, 2.75) is 84.2 Å². The maximum Gasteiger partial charge on any atom is 0.142 e. The highest BCUT2D eigenvalue weighted by Gasteiger charge is 2.34. The normalized spacial score (nSPS) is 16.5. The van der Waals surface area contributed by atoms with Gasteiger partial charge in [-0.1, -0.05) is 79.2 Å². The van der Waals surface area contributed by atoms with E-state index in [0.29, 0.717) is 0 Å². The molecule has 0 aromatic heterocycles. The van der Waals surface area contributed by atoms with Gasteiger partial charge in [-0.05, 0) is 81.3 Å². The zero-order valence-corrected chi connectivity index (χ0v) is 21.5. The van der Waals surface area contributed by atoms with Crippen molar-refractivity contribution in [3.63, 3.8) is 0 Å². The monoisotopic (exact) mass is 464 g/mol. The molecule has 0 heterocycles. The molecule has 3 heteroatoms. The van der Waals surface area contributed by atoms with Crippen molar-refractivity contribution in [3.05, 3.63) is 106 Å². The summed E-state index contributed by atoms with van der Waals surface area (Å²) in [6.07, 6.45) is -0.806. The van der Waals surface area contributed by atoms with E-state index in [1.165, 1.54) is 19.4 Å². The Bertz CT molecular complexity index is 1130. The molecule has 0 amide bonds. The van der Waals surface area contributed by atoms with Crippen LogP contribution < -0.4 is 0 Å². The summed E-state index contributed by atoms with van der Waals surface area (Å²) in [5, 5.41) is 10.8. The van der Waals surface area contributed by atoms with Crippen LogP contribution in [0.5, 0.6) is 0 Å². The molecular formula is C31H38F2O. The maximum absolute atomic E-state index is 15.0. The highest BCUT2D eigenvalue weighted by atomic mass is 19.2. The molecule has 0 aliphatic carbocycles. The second-order valence-corrected chi connectivity index (χ2v) is 10.9.